The van der Waals surface area contributed by atoms with Gasteiger partial charge < -0.3 is 15.6 Å². The van der Waals surface area contributed by atoms with Gasteiger partial charge in [0, 0.05) is 11.3 Å². The van der Waals surface area contributed by atoms with E-state index in [0.717, 1.165) is 18.4 Å². The first-order chi connectivity index (χ1) is 8.67. The Kier molecular flexibility index (Phi) is 2.38. The van der Waals surface area contributed by atoms with Crippen LogP contribution in [0.1, 0.15) is 12.8 Å². The maximum atomic E-state index is 11.7. The van der Waals surface area contributed by atoms with E-state index < -0.39 is 5.54 Å². The minimum atomic E-state index is -0.660. The first kappa shape index (κ1) is 10.9. The number of nitrogens with one attached hydrogen (secondary N) is 1. The number of amides is 1. The van der Waals surface area contributed by atoms with Crippen LogP contribution in [0.15, 0.2) is 35.2 Å². The molecule has 0 bridgehead atoms. The topological polar surface area (TPSA) is 94.0 Å². The third kappa shape index (κ3) is 1.98. The van der Waals surface area contributed by atoms with Crippen molar-refractivity contribution in [3.63, 3.8) is 0 Å². The monoisotopic (exact) mass is 244 g/mol. The van der Waals surface area contributed by atoms with Gasteiger partial charge in [0.15, 0.2) is 0 Å². The highest BCUT2D eigenvalue weighted by Gasteiger charge is 2.45. The van der Waals surface area contributed by atoms with Crippen LogP contribution in [0.2, 0.25) is 0 Å². The van der Waals surface area contributed by atoms with Crippen molar-refractivity contribution in [2.45, 2.75) is 18.4 Å². The summed E-state index contributed by atoms with van der Waals surface area (Å²) in [5.74, 6) is 0.389. The standard InChI is InChI=1S/C12H12N4O2/c13-12(5-6-12)11(17)15-9-3-1-8(2-4-9)10-14-7-18-16-10/h1-4,7H,5-6,13H2,(H,15,17). The molecule has 1 saturated carbocycles. The fourth-order valence-electron chi connectivity index (χ4n) is 1.62. The van der Waals surface area contributed by atoms with Crippen molar-refractivity contribution in [3.05, 3.63) is 30.7 Å². The molecule has 6 nitrogen and oxygen atoms in total. The molecule has 3 N–H and O–H groups in total. The number of rotatable bonds is 3. The van der Waals surface area contributed by atoms with Crippen molar-refractivity contribution < 1.29 is 9.32 Å². The first-order valence-corrected chi connectivity index (χ1v) is 5.64. The highest BCUT2D eigenvalue weighted by atomic mass is 16.5. The molecule has 2 aromatic rings. The van der Waals surface area contributed by atoms with Gasteiger partial charge in [-0.1, -0.05) is 5.16 Å². The number of aromatic nitrogens is 2. The van der Waals surface area contributed by atoms with Crippen molar-refractivity contribution in [2.24, 2.45) is 5.73 Å². The second-order valence-electron chi connectivity index (χ2n) is 4.44. The molecule has 0 radical (unpaired) electrons. The van der Waals surface area contributed by atoms with Gasteiger partial charge in [-0.25, -0.2) is 0 Å². The van der Waals surface area contributed by atoms with Crippen molar-refractivity contribution >= 4 is 11.6 Å². The number of benzene rings is 1. The van der Waals surface area contributed by atoms with Crippen LogP contribution in [0.3, 0.4) is 0 Å². The van der Waals surface area contributed by atoms with Gasteiger partial charge in [-0.3, -0.25) is 4.79 Å². The minimum absolute atomic E-state index is 0.130. The summed E-state index contributed by atoms with van der Waals surface area (Å²) in [5, 5.41) is 6.52. The molecule has 1 heterocycles. The zero-order valence-electron chi connectivity index (χ0n) is 9.59. The molecule has 1 aromatic carbocycles. The number of carbonyl (C=O) groups is 1. The van der Waals surface area contributed by atoms with Gasteiger partial charge in [0.1, 0.15) is 0 Å². The van der Waals surface area contributed by atoms with Crippen LogP contribution in [0, 0.1) is 0 Å². The fraction of sp³-hybridized carbons (Fsp3) is 0.250. The van der Waals surface area contributed by atoms with Crippen LogP contribution in [0.25, 0.3) is 11.4 Å². The Morgan fingerprint density at radius 3 is 2.61 bits per heavy atom. The average molecular weight is 244 g/mol. The number of nitrogens with two attached hydrogens (primary N) is 1. The Morgan fingerprint density at radius 2 is 2.06 bits per heavy atom. The summed E-state index contributed by atoms with van der Waals surface area (Å²) in [4.78, 5) is 15.7. The molecule has 0 aliphatic heterocycles. The van der Waals surface area contributed by atoms with Crippen molar-refractivity contribution in [3.8, 4) is 11.4 Å². The number of nitrogens with zero attached hydrogens (tertiary/aromatic N) is 2. The van der Waals surface area contributed by atoms with Crippen molar-refractivity contribution in [2.75, 3.05) is 5.32 Å². The van der Waals surface area contributed by atoms with Gasteiger partial charge in [-0.05, 0) is 37.1 Å². The lowest BCUT2D eigenvalue weighted by atomic mass is 10.2. The molecule has 0 spiro atoms. The Hall–Kier alpha value is -2.21. The summed E-state index contributed by atoms with van der Waals surface area (Å²) in [6, 6.07) is 7.21. The largest absolute Gasteiger partial charge is 0.342 e. The molecule has 1 fully saturated rings. The van der Waals surface area contributed by atoms with E-state index in [9.17, 15) is 4.79 Å². The van der Waals surface area contributed by atoms with E-state index in [-0.39, 0.29) is 5.91 Å². The number of hydrogen-bond donors (Lipinski definition) is 2. The summed E-state index contributed by atoms with van der Waals surface area (Å²) in [5.41, 5.74) is 6.68. The molecule has 6 heteroatoms. The van der Waals surface area contributed by atoms with Crippen molar-refractivity contribution in [1.82, 2.24) is 10.1 Å². The molecule has 1 aliphatic carbocycles. The molecular weight excluding hydrogens is 232 g/mol. The van der Waals surface area contributed by atoms with Gasteiger partial charge in [-0.15, -0.1) is 0 Å². The van der Waals surface area contributed by atoms with Gasteiger partial charge in [-0.2, -0.15) is 4.98 Å². The quantitative estimate of drug-likeness (QED) is 0.845. The van der Waals surface area contributed by atoms with Crippen LogP contribution >= 0.6 is 0 Å². The predicted octanol–water partition coefficient (Wildman–Crippen LogP) is 1.17. The Morgan fingerprint density at radius 1 is 1.33 bits per heavy atom. The molecule has 1 aromatic heterocycles. The molecule has 0 unspecified atom stereocenters. The maximum Gasteiger partial charge on any atom is 0.244 e. The van der Waals surface area contributed by atoms with Gasteiger partial charge in [0.25, 0.3) is 0 Å². The maximum absolute atomic E-state index is 11.7. The Labute approximate surface area is 103 Å². The van der Waals surface area contributed by atoms with Crippen LogP contribution in [-0.2, 0) is 4.79 Å². The second-order valence-corrected chi connectivity index (χ2v) is 4.44. The highest BCUT2D eigenvalue weighted by Crippen LogP contribution is 2.33. The lowest BCUT2D eigenvalue weighted by molar-refractivity contribution is -0.118. The van der Waals surface area contributed by atoms with E-state index in [1.807, 2.05) is 12.1 Å². The predicted molar refractivity (Wildman–Crippen MR) is 64.5 cm³/mol. The average Bonchev–Trinajstić information content (AvgIpc) is 2.94. The molecule has 0 atom stereocenters. The Balaban J connectivity index is 1.73. The zero-order chi connectivity index (χ0) is 12.6. The third-order valence-corrected chi connectivity index (χ3v) is 3.00. The number of carbonyl (C=O) groups excluding carboxylic acids is 1. The number of hydrogen-bond acceptors (Lipinski definition) is 5. The van der Waals surface area contributed by atoms with Gasteiger partial charge >= 0.3 is 0 Å². The SMILES string of the molecule is NC1(C(=O)Nc2ccc(-c3ncon3)cc2)CC1. The molecule has 0 saturated heterocycles. The smallest absolute Gasteiger partial charge is 0.244 e. The molecule has 1 amide bonds. The Bertz CT molecular complexity index is 558. The minimum Gasteiger partial charge on any atom is -0.342 e. The van der Waals surface area contributed by atoms with E-state index >= 15 is 0 Å². The molecule has 92 valence electrons. The second kappa shape index (κ2) is 3.92. The van der Waals surface area contributed by atoms with Crippen molar-refractivity contribution in [1.29, 1.82) is 0 Å². The van der Waals surface area contributed by atoms with E-state index in [1.165, 1.54) is 6.39 Å². The summed E-state index contributed by atoms with van der Waals surface area (Å²) < 4.78 is 4.67. The first-order valence-electron chi connectivity index (χ1n) is 5.64. The fourth-order valence-corrected chi connectivity index (χ4v) is 1.62. The number of anilines is 1. The molecule has 18 heavy (non-hydrogen) atoms. The lowest BCUT2D eigenvalue weighted by Crippen LogP contribution is -2.37. The molecule has 1 aliphatic rings. The molecule has 3 rings (SSSR count). The summed E-state index contributed by atoms with van der Waals surface area (Å²) in [7, 11) is 0. The van der Waals surface area contributed by atoms with Gasteiger partial charge in [0.2, 0.25) is 18.1 Å². The third-order valence-electron chi connectivity index (χ3n) is 3.00. The molecular formula is C12H12N4O2. The zero-order valence-corrected chi connectivity index (χ0v) is 9.59. The van der Waals surface area contributed by atoms with Crippen LogP contribution < -0.4 is 11.1 Å². The highest BCUT2D eigenvalue weighted by molar-refractivity contribution is 6.00. The van der Waals surface area contributed by atoms with Crippen LogP contribution in [0.4, 0.5) is 5.69 Å². The van der Waals surface area contributed by atoms with E-state index in [0.29, 0.717) is 11.5 Å². The van der Waals surface area contributed by atoms with E-state index in [1.54, 1.807) is 12.1 Å². The lowest BCUT2D eigenvalue weighted by Gasteiger charge is -2.09. The van der Waals surface area contributed by atoms with Crippen LogP contribution in [0.5, 0.6) is 0 Å². The van der Waals surface area contributed by atoms with Gasteiger partial charge in [0.05, 0.1) is 5.54 Å². The summed E-state index contributed by atoms with van der Waals surface area (Å²) in [6.07, 6.45) is 2.77. The summed E-state index contributed by atoms with van der Waals surface area (Å²) in [6.45, 7) is 0. The van der Waals surface area contributed by atoms with E-state index in [4.69, 9.17) is 5.73 Å². The van der Waals surface area contributed by atoms with E-state index in [2.05, 4.69) is 20.0 Å². The van der Waals surface area contributed by atoms with Crippen LogP contribution in [-0.4, -0.2) is 21.6 Å². The normalized spacial score (nSPS) is 16.3. The summed E-state index contributed by atoms with van der Waals surface area (Å²) >= 11 is 0.